The molecule has 0 aliphatic carbocycles. The average molecular weight is 325 g/mol. The molecule has 0 saturated carbocycles. The van der Waals surface area contributed by atoms with Crippen LogP contribution in [0.5, 0.6) is 5.88 Å². The summed E-state index contributed by atoms with van der Waals surface area (Å²) < 4.78 is 5.37. The molecule has 1 aromatic carbocycles. The van der Waals surface area contributed by atoms with Gasteiger partial charge in [0.25, 0.3) is 5.91 Å². The van der Waals surface area contributed by atoms with Gasteiger partial charge in [0, 0.05) is 17.8 Å². The third-order valence-electron chi connectivity index (χ3n) is 3.24. The zero-order valence-corrected chi connectivity index (χ0v) is 13.4. The zero-order valence-electron chi connectivity index (χ0n) is 13.4. The Bertz CT molecular complexity index is 731. The lowest BCUT2D eigenvalue weighted by Gasteiger charge is -2.13. The van der Waals surface area contributed by atoms with Gasteiger partial charge >= 0.3 is 0 Å². The Balaban J connectivity index is 2.33. The number of nitrogens with one attached hydrogen (secondary N) is 1. The average Bonchev–Trinajstić information content (AvgIpc) is 2.61. The Kier molecular flexibility index (Phi) is 6.19. The quantitative estimate of drug-likeness (QED) is 0.595. The van der Waals surface area contributed by atoms with Gasteiger partial charge in [0.05, 0.1) is 18.2 Å². The third kappa shape index (κ3) is 4.25. The van der Waals surface area contributed by atoms with Crippen molar-refractivity contribution in [2.45, 2.75) is 19.4 Å². The predicted molar refractivity (Wildman–Crippen MR) is 90.8 cm³/mol. The van der Waals surface area contributed by atoms with Crippen LogP contribution in [0, 0.1) is 0 Å². The highest BCUT2D eigenvalue weighted by atomic mass is 16.5. The molecule has 0 aliphatic rings. The summed E-state index contributed by atoms with van der Waals surface area (Å²) in [5.41, 5.74) is 0.960. The number of hydrogen-bond donors (Lipinski definition) is 1. The van der Waals surface area contributed by atoms with Crippen molar-refractivity contribution in [3.8, 4) is 17.3 Å². The molecule has 124 valence electrons. The second-order valence-corrected chi connectivity index (χ2v) is 4.94. The number of hydrogen-bond acceptors (Lipinski definition) is 5. The molecule has 0 radical (unpaired) electrons. The molecule has 0 bridgehead atoms. The van der Waals surface area contributed by atoms with Gasteiger partial charge in [0.15, 0.2) is 5.82 Å². The van der Waals surface area contributed by atoms with E-state index < -0.39 is 6.04 Å². The van der Waals surface area contributed by atoms with Gasteiger partial charge in [-0.3, -0.25) is 4.79 Å². The molecule has 0 unspecified atom stereocenters. The number of rotatable bonds is 8. The molecule has 2 aromatic rings. The summed E-state index contributed by atoms with van der Waals surface area (Å²) in [7, 11) is 0. The number of aromatic nitrogens is 2. The van der Waals surface area contributed by atoms with Crippen molar-refractivity contribution >= 4 is 12.2 Å². The zero-order chi connectivity index (χ0) is 17.4. The number of nitrogens with zero attached hydrogens (tertiary/aromatic N) is 2. The van der Waals surface area contributed by atoms with Gasteiger partial charge in [-0.1, -0.05) is 24.3 Å². The molecule has 1 N–H and O–H groups in total. The number of aldehydes is 1. The largest absolute Gasteiger partial charge is 0.478 e. The molecule has 0 aliphatic heterocycles. The van der Waals surface area contributed by atoms with E-state index in [-0.39, 0.29) is 5.91 Å². The van der Waals surface area contributed by atoms with Crippen LogP contribution in [0.4, 0.5) is 0 Å². The van der Waals surface area contributed by atoms with Gasteiger partial charge in [0.2, 0.25) is 5.88 Å². The molecule has 1 aromatic heterocycles. The second-order valence-electron chi connectivity index (χ2n) is 4.94. The number of carbonyl (C=O) groups is 2. The van der Waals surface area contributed by atoms with Gasteiger partial charge in [-0.15, -0.1) is 6.58 Å². The summed E-state index contributed by atoms with van der Waals surface area (Å²) >= 11 is 0. The molecule has 6 heteroatoms. The normalized spacial score (nSPS) is 11.4. The number of benzene rings is 1. The fourth-order valence-electron chi connectivity index (χ4n) is 2.15. The lowest BCUT2D eigenvalue weighted by atomic mass is 10.1. The summed E-state index contributed by atoms with van der Waals surface area (Å²) in [4.78, 5) is 32.1. The minimum absolute atomic E-state index is 0.366. The molecule has 1 heterocycles. The third-order valence-corrected chi connectivity index (χ3v) is 3.24. The van der Waals surface area contributed by atoms with E-state index in [0.29, 0.717) is 42.1 Å². The second kappa shape index (κ2) is 8.57. The van der Waals surface area contributed by atoms with Crippen LogP contribution in [0.25, 0.3) is 11.4 Å². The molecular formula is C18H19N3O3. The maximum atomic E-state index is 12.5. The maximum absolute atomic E-state index is 12.5. The van der Waals surface area contributed by atoms with Crippen LogP contribution >= 0.6 is 0 Å². The van der Waals surface area contributed by atoms with Crippen molar-refractivity contribution in [3.63, 3.8) is 0 Å². The van der Waals surface area contributed by atoms with E-state index in [2.05, 4.69) is 21.9 Å². The van der Waals surface area contributed by atoms with Crippen LogP contribution in [0.3, 0.4) is 0 Å². The molecule has 0 spiro atoms. The van der Waals surface area contributed by atoms with Crippen molar-refractivity contribution in [1.29, 1.82) is 0 Å². The van der Waals surface area contributed by atoms with Crippen LogP contribution in [0.15, 0.2) is 49.2 Å². The first kappa shape index (κ1) is 17.3. The first-order valence-corrected chi connectivity index (χ1v) is 7.61. The van der Waals surface area contributed by atoms with Crippen LogP contribution < -0.4 is 10.1 Å². The van der Waals surface area contributed by atoms with E-state index in [1.54, 1.807) is 42.6 Å². The predicted octanol–water partition coefficient (Wildman–Crippen LogP) is 2.42. The summed E-state index contributed by atoms with van der Waals surface area (Å²) in [5, 5.41) is 2.67. The topological polar surface area (TPSA) is 81.2 Å². The lowest BCUT2D eigenvalue weighted by molar-refractivity contribution is -0.109. The first-order valence-electron chi connectivity index (χ1n) is 7.61. The summed E-state index contributed by atoms with van der Waals surface area (Å²) in [6.45, 7) is 5.93. The molecular weight excluding hydrogens is 306 g/mol. The Morgan fingerprint density at radius 2 is 2.17 bits per heavy atom. The smallest absolute Gasteiger partial charge is 0.252 e. The summed E-state index contributed by atoms with van der Waals surface area (Å²) in [6, 6.07) is 8.00. The van der Waals surface area contributed by atoms with Gasteiger partial charge in [-0.25, -0.2) is 4.98 Å². The number of carbonyl (C=O) groups excluding carboxylic acids is 2. The Hall–Kier alpha value is -3.02. The van der Waals surface area contributed by atoms with Gasteiger partial charge in [-0.05, 0) is 19.4 Å². The van der Waals surface area contributed by atoms with Crippen LogP contribution in [0.2, 0.25) is 0 Å². The monoisotopic (exact) mass is 325 g/mol. The van der Waals surface area contributed by atoms with Crippen LogP contribution in [0.1, 0.15) is 23.7 Å². The maximum Gasteiger partial charge on any atom is 0.252 e. The van der Waals surface area contributed by atoms with E-state index in [4.69, 9.17) is 4.74 Å². The highest BCUT2D eigenvalue weighted by Crippen LogP contribution is 2.22. The van der Waals surface area contributed by atoms with E-state index in [1.807, 2.05) is 6.92 Å². The van der Waals surface area contributed by atoms with Gasteiger partial charge in [-0.2, -0.15) is 4.98 Å². The highest BCUT2D eigenvalue weighted by Gasteiger charge is 2.17. The molecule has 2 rings (SSSR count). The number of amides is 1. The van der Waals surface area contributed by atoms with E-state index in [9.17, 15) is 9.59 Å². The summed E-state index contributed by atoms with van der Waals surface area (Å²) in [5.74, 6) is 0.461. The van der Waals surface area contributed by atoms with E-state index in [0.717, 1.165) is 0 Å². The van der Waals surface area contributed by atoms with Crippen molar-refractivity contribution in [2.24, 2.45) is 0 Å². The minimum atomic E-state index is -0.612. The lowest BCUT2D eigenvalue weighted by Crippen LogP contribution is -2.35. The Labute approximate surface area is 140 Å². The Morgan fingerprint density at radius 1 is 1.38 bits per heavy atom. The van der Waals surface area contributed by atoms with Gasteiger partial charge in [0.1, 0.15) is 6.29 Å². The molecule has 0 fully saturated rings. The minimum Gasteiger partial charge on any atom is -0.478 e. The molecule has 0 saturated heterocycles. The summed E-state index contributed by atoms with van der Waals surface area (Å²) in [6.07, 6.45) is 4.22. The molecule has 1 amide bonds. The Morgan fingerprint density at radius 3 is 2.88 bits per heavy atom. The van der Waals surface area contributed by atoms with Crippen molar-refractivity contribution < 1.29 is 14.3 Å². The standard InChI is InChI=1S/C18H19N3O3/c1-3-7-13(12-22)20-18(23)15-9-6-5-8-14(15)17-19-11-10-16(21-17)24-4-2/h3,5-6,8-13H,1,4,7H2,2H3,(H,20,23)/t13-/m0/s1. The van der Waals surface area contributed by atoms with Crippen molar-refractivity contribution in [1.82, 2.24) is 15.3 Å². The SMILES string of the molecule is C=CC[C@@H](C=O)NC(=O)c1ccccc1-c1nccc(OCC)n1. The van der Waals surface area contributed by atoms with E-state index in [1.165, 1.54) is 0 Å². The van der Waals surface area contributed by atoms with Crippen molar-refractivity contribution in [2.75, 3.05) is 6.61 Å². The van der Waals surface area contributed by atoms with Crippen molar-refractivity contribution in [3.05, 3.63) is 54.7 Å². The van der Waals surface area contributed by atoms with Crippen LogP contribution in [-0.4, -0.2) is 34.8 Å². The molecule has 1 atom stereocenters. The first-order chi connectivity index (χ1) is 11.7. The van der Waals surface area contributed by atoms with Gasteiger partial charge < -0.3 is 14.8 Å². The molecule has 6 nitrogen and oxygen atoms in total. The fraction of sp³-hybridized carbons (Fsp3) is 0.222. The number of ether oxygens (including phenoxy) is 1. The van der Waals surface area contributed by atoms with Crippen LogP contribution in [-0.2, 0) is 4.79 Å². The fourth-order valence-corrected chi connectivity index (χ4v) is 2.15. The highest BCUT2D eigenvalue weighted by molar-refractivity contribution is 6.01. The van der Waals surface area contributed by atoms with E-state index >= 15 is 0 Å². The molecule has 24 heavy (non-hydrogen) atoms.